The zero-order chi connectivity index (χ0) is 26.8. The van der Waals surface area contributed by atoms with Crippen molar-refractivity contribution in [3.63, 3.8) is 0 Å². The summed E-state index contributed by atoms with van der Waals surface area (Å²) >= 11 is 0. The molecule has 1 amide bonds. The number of unbranched alkanes of at least 4 members (excludes halogenated alkanes) is 1. The predicted molar refractivity (Wildman–Crippen MR) is 135 cm³/mol. The summed E-state index contributed by atoms with van der Waals surface area (Å²) in [6.45, 7) is 3.60. The van der Waals surface area contributed by atoms with Crippen molar-refractivity contribution in [3.8, 4) is 5.75 Å². The molecule has 10 heteroatoms. The van der Waals surface area contributed by atoms with Crippen LogP contribution in [0.3, 0.4) is 0 Å². The Balaban J connectivity index is 2.72. The minimum absolute atomic E-state index is 0.0758. The molecule has 2 rings (SSSR count). The molecule has 0 fully saturated rings. The first-order valence-electron chi connectivity index (χ1n) is 11.9. The molecule has 0 radical (unpaired) electrons. The van der Waals surface area contributed by atoms with Gasteiger partial charge in [0.2, 0.25) is 6.04 Å². The molecule has 9 nitrogen and oxygen atoms in total. The lowest BCUT2D eigenvalue weighted by molar-refractivity contribution is -0.756. The number of benzene rings is 2. The molecule has 36 heavy (non-hydrogen) atoms. The van der Waals surface area contributed by atoms with Crippen molar-refractivity contribution in [2.75, 3.05) is 27.3 Å². The van der Waals surface area contributed by atoms with Gasteiger partial charge in [0.1, 0.15) is 23.8 Å². The van der Waals surface area contributed by atoms with E-state index < -0.39 is 32.0 Å². The topological polar surface area (TPSA) is 122 Å². The molecule has 2 atom stereocenters. The number of hydrogen-bond donors (Lipinski definition) is 1. The summed E-state index contributed by atoms with van der Waals surface area (Å²) in [5.41, 5.74) is 6.33. The van der Waals surface area contributed by atoms with E-state index in [9.17, 15) is 18.0 Å². The van der Waals surface area contributed by atoms with E-state index in [0.717, 1.165) is 0 Å². The normalized spacial score (nSPS) is 14.1. The molecule has 0 heterocycles. The highest BCUT2D eigenvalue weighted by Crippen LogP contribution is 2.35. The average Bonchev–Trinajstić information content (AvgIpc) is 2.88. The molecular weight excluding hydrogens is 484 g/mol. The van der Waals surface area contributed by atoms with Gasteiger partial charge in [-0.05, 0) is 49.2 Å². The summed E-state index contributed by atoms with van der Waals surface area (Å²) in [4.78, 5) is 26.9. The molecule has 0 saturated carbocycles. The van der Waals surface area contributed by atoms with Gasteiger partial charge in [-0.1, -0.05) is 44.2 Å². The second kappa shape index (κ2) is 13.4. The van der Waals surface area contributed by atoms with Gasteiger partial charge in [-0.25, -0.2) is 4.79 Å². The minimum Gasteiger partial charge on any atom is -0.497 e. The summed E-state index contributed by atoms with van der Waals surface area (Å²) in [6.07, 6.45) is 0.0216. The van der Waals surface area contributed by atoms with Gasteiger partial charge in [0, 0.05) is 12.3 Å². The summed E-state index contributed by atoms with van der Waals surface area (Å²) < 4.78 is 43.2. The SMILES string of the molecule is COC(=O)[C@H](CCCCN)[N+](CC(C)C)(C(=O)OCc1ccccc1)S(=O)(=O)c1ccc(OC)cc1. The lowest BCUT2D eigenvalue weighted by Crippen LogP contribution is -2.66. The first-order valence-corrected chi connectivity index (χ1v) is 13.3. The third-order valence-corrected chi connectivity index (χ3v) is 8.12. The fourth-order valence-electron chi connectivity index (χ4n) is 4.11. The number of carbonyl (C=O) groups is 2. The second-order valence-corrected chi connectivity index (χ2v) is 11.0. The van der Waals surface area contributed by atoms with Gasteiger partial charge >= 0.3 is 22.1 Å². The first-order chi connectivity index (χ1) is 17.1. The molecule has 0 saturated heterocycles. The quantitative estimate of drug-likeness (QED) is 0.240. The number of amides is 1. The molecule has 0 bridgehead atoms. The van der Waals surface area contributed by atoms with Crippen molar-refractivity contribution >= 4 is 22.1 Å². The minimum atomic E-state index is -4.50. The van der Waals surface area contributed by atoms with Gasteiger partial charge in [-0.2, -0.15) is 13.2 Å². The van der Waals surface area contributed by atoms with Crippen LogP contribution >= 0.6 is 0 Å². The highest BCUT2D eigenvalue weighted by molar-refractivity contribution is 7.86. The maximum absolute atomic E-state index is 14.3. The average molecular weight is 522 g/mol. The molecule has 1 unspecified atom stereocenters. The monoisotopic (exact) mass is 521 g/mol. The van der Waals surface area contributed by atoms with Crippen LogP contribution in [0.15, 0.2) is 59.5 Å². The molecule has 2 N–H and O–H groups in total. The van der Waals surface area contributed by atoms with Gasteiger partial charge in [-0.3, -0.25) is 0 Å². The third kappa shape index (κ3) is 6.63. The summed E-state index contributed by atoms with van der Waals surface area (Å²) in [5, 5.41) is 0. The number of hydrogen-bond acceptors (Lipinski definition) is 8. The van der Waals surface area contributed by atoms with E-state index in [1.807, 2.05) is 6.07 Å². The largest absolute Gasteiger partial charge is 0.533 e. The zero-order valence-electron chi connectivity index (χ0n) is 21.4. The van der Waals surface area contributed by atoms with E-state index >= 15 is 0 Å². The standard InChI is InChI=1S/C26H37N2O7S/c1-20(2)18-28(24(25(29)34-4)12-8-9-17-27,26(30)35-19-21-10-6-5-7-11-21)36(31,32)23-15-13-22(33-3)14-16-23/h5-7,10-11,13-16,20,24H,8-9,12,17-19,27H2,1-4H3/q+1/t24-,28?/m0/s1. The highest BCUT2D eigenvalue weighted by atomic mass is 32.2. The van der Waals surface area contributed by atoms with Crippen LogP contribution in [0.4, 0.5) is 4.79 Å². The van der Waals surface area contributed by atoms with Gasteiger partial charge in [0.25, 0.3) is 0 Å². The van der Waals surface area contributed by atoms with E-state index in [0.29, 0.717) is 30.7 Å². The summed E-state index contributed by atoms with van der Waals surface area (Å²) in [6, 6.07) is 13.3. The Bertz CT molecular complexity index is 1090. The fraction of sp³-hybridized carbons (Fsp3) is 0.462. The van der Waals surface area contributed by atoms with E-state index in [1.165, 1.54) is 38.5 Å². The van der Waals surface area contributed by atoms with Crippen LogP contribution in [0.25, 0.3) is 0 Å². The number of quaternary nitrogens is 1. The first kappa shape index (κ1) is 29.3. The van der Waals surface area contributed by atoms with E-state index in [-0.39, 0.29) is 30.4 Å². The summed E-state index contributed by atoms with van der Waals surface area (Å²) in [7, 11) is -1.86. The van der Waals surface area contributed by atoms with Crippen LogP contribution in [-0.4, -0.2) is 57.7 Å². The molecule has 0 aliphatic heterocycles. The third-order valence-electron chi connectivity index (χ3n) is 5.85. The lowest BCUT2D eigenvalue weighted by Gasteiger charge is -2.38. The van der Waals surface area contributed by atoms with Gasteiger partial charge < -0.3 is 19.9 Å². The molecule has 2 aromatic rings. The lowest BCUT2D eigenvalue weighted by atomic mass is 10.1. The van der Waals surface area contributed by atoms with Gasteiger partial charge in [0.05, 0.1) is 14.2 Å². The van der Waals surface area contributed by atoms with Gasteiger partial charge in [0.15, 0.2) is 0 Å². The zero-order valence-corrected chi connectivity index (χ0v) is 22.2. The number of esters is 1. The van der Waals surface area contributed by atoms with Crippen molar-refractivity contribution in [2.45, 2.75) is 50.7 Å². The Labute approximate surface area is 213 Å². The number of carbonyl (C=O) groups excluding carboxylic acids is 2. The maximum Gasteiger partial charge on any atom is 0.533 e. The number of methoxy groups -OCH3 is 2. The maximum atomic E-state index is 14.3. The van der Waals surface area contributed by atoms with Crippen molar-refractivity contribution in [3.05, 3.63) is 60.2 Å². The Morgan fingerprint density at radius 2 is 1.61 bits per heavy atom. The van der Waals surface area contributed by atoms with Crippen LogP contribution in [0.1, 0.15) is 38.7 Å². The Morgan fingerprint density at radius 3 is 2.14 bits per heavy atom. The van der Waals surface area contributed by atoms with Crippen molar-refractivity contribution in [1.29, 1.82) is 0 Å². The second-order valence-electron chi connectivity index (χ2n) is 8.89. The van der Waals surface area contributed by atoms with E-state index in [1.54, 1.807) is 38.1 Å². The van der Waals surface area contributed by atoms with Crippen LogP contribution < -0.4 is 10.5 Å². The number of sulfonamides is 1. The van der Waals surface area contributed by atoms with Crippen molar-refractivity contribution in [1.82, 2.24) is 0 Å². The Hall–Kier alpha value is -2.95. The number of ether oxygens (including phenoxy) is 3. The molecule has 0 spiro atoms. The molecule has 0 aliphatic rings. The van der Waals surface area contributed by atoms with E-state index in [2.05, 4.69) is 0 Å². The molecule has 198 valence electrons. The molecular formula is C26H37N2O7S+. The Morgan fingerprint density at radius 1 is 0.972 bits per heavy atom. The summed E-state index contributed by atoms with van der Waals surface area (Å²) in [5.74, 6) is -0.639. The smallest absolute Gasteiger partial charge is 0.497 e. The molecule has 0 aliphatic carbocycles. The van der Waals surface area contributed by atoms with Crippen LogP contribution in [0.2, 0.25) is 0 Å². The highest BCUT2D eigenvalue weighted by Gasteiger charge is 2.60. The fourth-order valence-corrected chi connectivity index (χ4v) is 6.24. The number of nitrogens with zero attached hydrogens (tertiary/aromatic N) is 1. The Kier molecular flexibility index (Phi) is 10.9. The van der Waals surface area contributed by atoms with E-state index in [4.69, 9.17) is 19.9 Å². The number of nitrogens with two attached hydrogens (primary N) is 1. The van der Waals surface area contributed by atoms with Crippen LogP contribution in [0.5, 0.6) is 5.75 Å². The molecule has 2 aromatic carbocycles. The van der Waals surface area contributed by atoms with Crippen molar-refractivity contribution < 1.29 is 36.1 Å². The van der Waals surface area contributed by atoms with Gasteiger partial charge in [-0.15, -0.1) is 3.89 Å². The number of rotatable bonds is 13. The predicted octanol–water partition coefficient (Wildman–Crippen LogP) is 3.86. The molecule has 0 aromatic heterocycles. The van der Waals surface area contributed by atoms with Crippen molar-refractivity contribution in [2.24, 2.45) is 11.7 Å². The van der Waals surface area contributed by atoms with Crippen LogP contribution in [0, 0.1) is 5.92 Å². The van der Waals surface area contributed by atoms with Crippen LogP contribution in [-0.2, 0) is 30.9 Å².